The Morgan fingerprint density at radius 2 is 0.587 bits per heavy atom. The predicted octanol–water partition coefficient (Wildman–Crippen LogP) is 11.2. The second kappa shape index (κ2) is 13.4. The van der Waals surface area contributed by atoms with Crippen molar-refractivity contribution in [1.29, 1.82) is 0 Å². The van der Waals surface area contributed by atoms with Crippen LogP contribution in [-0.2, 0) is 10.3 Å². The van der Waals surface area contributed by atoms with Crippen molar-refractivity contribution in [2.45, 2.75) is 15.2 Å². The van der Waals surface area contributed by atoms with Gasteiger partial charge in [0.1, 0.15) is 5.54 Å². The summed E-state index contributed by atoms with van der Waals surface area (Å²) in [6.07, 6.45) is 0. The van der Waals surface area contributed by atoms with Crippen LogP contribution in [-0.4, -0.2) is 0 Å². The van der Waals surface area contributed by atoms with E-state index in [1.807, 2.05) is 11.8 Å². The molecule has 0 spiro atoms. The summed E-state index contributed by atoms with van der Waals surface area (Å²) in [4.78, 5) is 1.16. The molecule has 2 heteroatoms. The quantitative estimate of drug-likeness (QED) is 0.122. The van der Waals surface area contributed by atoms with E-state index < -0.39 is 10.3 Å². The standard InChI is InChI=1S/C44H35NS/c1-7-21-35(22-8-1)43(36-23-9-2-10-24-36,37-25-11-3-12-26-37)45-41-33-19-20-34-42(41)46-44(38-27-13-4-14-28-38,39-29-15-5-16-30-39)40-31-17-6-18-32-40/h1-34,45H. The zero-order chi connectivity index (χ0) is 31.1. The molecule has 0 aliphatic rings. The minimum absolute atomic E-state index is 0.504. The van der Waals surface area contributed by atoms with E-state index in [4.69, 9.17) is 0 Å². The largest absolute Gasteiger partial charge is 0.367 e. The van der Waals surface area contributed by atoms with Crippen molar-refractivity contribution in [3.05, 3.63) is 240 Å². The van der Waals surface area contributed by atoms with Crippen LogP contribution < -0.4 is 5.32 Å². The fourth-order valence-corrected chi connectivity index (χ4v) is 7.97. The first-order chi connectivity index (χ1) is 22.8. The first kappa shape index (κ1) is 29.4. The Labute approximate surface area is 276 Å². The molecule has 7 aromatic carbocycles. The summed E-state index contributed by atoms with van der Waals surface area (Å²) in [5.41, 5.74) is 7.63. The lowest BCUT2D eigenvalue weighted by Crippen LogP contribution is -2.38. The Morgan fingerprint density at radius 1 is 0.304 bits per heavy atom. The molecule has 0 saturated carbocycles. The van der Waals surface area contributed by atoms with E-state index in [-0.39, 0.29) is 0 Å². The van der Waals surface area contributed by atoms with Crippen molar-refractivity contribution in [1.82, 2.24) is 0 Å². The van der Waals surface area contributed by atoms with Gasteiger partial charge in [-0.25, -0.2) is 0 Å². The van der Waals surface area contributed by atoms with E-state index >= 15 is 0 Å². The van der Waals surface area contributed by atoms with Crippen LogP contribution in [0.3, 0.4) is 0 Å². The van der Waals surface area contributed by atoms with E-state index in [0.29, 0.717) is 0 Å². The van der Waals surface area contributed by atoms with Crippen molar-refractivity contribution in [2.75, 3.05) is 5.32 Å². The second-order valence-corrected chi connectivity index (χ2v) is 12.6. The van der Waals surface area contributed by atoms with Crippen molar-refractivity contribution >= 4 is 17.4 Å². The average molecular weight is 610 g/mol. The number of nitrogens with one attached hydrogen (secondary N) is 1. The molecule has 7 rings (SSSR count). The molecule has 0 aliphatic heterocycles. The summed E-state index contributed by atoms with van der Waals surface area (Å²) in [5, 5.41) is 4.17. The Kier molecular flexibility index (Phi) is 8.54. The Morgan fingerprint density at radius 3 is 0.935 bits per heavy atom. The molecule has 1 N–H and O–H groups in total. The van der Waals surface area contributed by atoms with E-state index in [9.17, 15) is 0 Å². The van der Waals surface area contributed by atoms with Crippen molar-refractivity contribution in [2.24, 2.45) is 0 Å². The van der Waals surface area contributed by atoms with Gasteiger partial charge in [0.25, 0.3) is 0 Å². The lowest BCUT2D eigenvalue weighted by molar-refractivity contribution is 0.709. The summed E-state index contributed by atoms with van der Waals surface area (Å²) in [5.74, 6) is 0. The summed E-state index contributed by atoms with van der Waals surface area (Å²) in [6, 6.07) is 73.8. The molecule has 0 bridgehead atoms. The molecule has 0 unspecified atom stereocenters. The Hall–Kier alpha value is -5.31. The van der Waals surface area contributed by atoms with Gasteiger partial charge in [-0.05, 0) is 45.5 Å². The lowest BCUT2D eigenvalue weighted by Gasteiger charge is -2.40. The van der Waals surface area contributed by atoms with E-state index in [0.717, 1.165) is 10.6 Å². The van der Waals surface area contributed by atoms with Gasteiger partial charge in [-0.3, -0.25) is 0 Å². The monoisotopic (exact) mass is 609 g/mol. The molecular formula is C44H35NS. The second-order valence-electron chi connectivity index (χ2n) is 11.4. The van der Waals surface area contributed by atoms with Gasteiger partial charge >= 0.3 is 0 Å². The molecule has 0 fully saturated rings. The van der Waals surface area contributed by atoms with Crippen LogP contribution in [0.15, 0.2) is 211 Å². The van der Waals surface area contributed by atoms with E-state index in [1.54, 1.807) is 0 Å². The van der Waals surface area contributed by atoms with Gasteiger partial charge in [-0.1, -0.05) is 194 Å². The molecule has 0 aliphatic carbocycles. The zero-order valence-corrected chi connectivity index (χ0v) is 26.4. The van der Waals surface area contributed by atoms with Gasteiger partial charge in [0.15, 0.2) is 0 Å². The highest BCUT2D eigenvalue weighted by atomic mass is 32.2. The highest BCUT2D eigenvalue weighted by Crippen LogP contribution is 2.54. The molecular weight excluding hydrogens is 575 g/mol. The molecule has 7 aromatic rings. The maximum absolute atomic E-state index is 4.17. The zero-order valence-electron chi connectivity index (χ0n) is 25.5. The number of benzene rings is 7. The minimum atomic E-state index is -0.644. The molecule has 0 amide bonds. The topological polar surface area (TPSA) is 12.0 Å². The molecule has 46 heavy (non-hydrogen) atoms. The highest BCUT2D eigenvalue weighted by molar-refractivity contribution is 8.00. The molecule has 1 nitrogen and oxygen atoms in total. The van der Waals surface area contributed by atoms with Crippen molar-refractivity contribution in [3.8, 4) is 0 Å². The fraction of sp³-hybridized carbons (Fsp3) is 0.0455. The summed E-state index contributed by atoms with van der Waals surface area (Å²) < 4.78 is -0.504. The Balaban J connectivity index is 1.46. The molecule has 0 radical (unpaired) electrons. The van der Waals surface area contributed by atoms with Gasteiger partial charge in [-0.2, -0.15) is 0 Å². The van der Waals surface area contributed by atoms with Crippen LogP contribution in [0.1, 0.15) is 33.4 Å². The predicted molar refractivity (Wildman–Crippen MR) is 194 cm³/mol. The average Bonchev–Trinajstić information content (AvgIpc) is 3.15. The molecule has 0 saturated heterocycles. The van der Waals surface area contributed by atoms with Gasteiger partial charge in [0.05, 0.1) is 4.75 Å². The maximum Gasteiger partial charge on any atom is 0.114 e. The number of hydrogen-bond donors (Lipinski definition) is 1. The van der Waals surface area contributed by atoms with E-state index in [2.05, 4.69) is 212 Å². The first-order valence-electron chi connectivity index (χ1n) is 15.7. The van der Waals surface area contributed by atoms with Crippen LogP contribution in [0.4, 0.5) is 5.69 Å². The normalized spacial score (nSPS) is 11.6. The van der Waals surface area contributed by atoms with Crippen molar-refractivity contribution < 1.29 is 0 Å². The van der Waals surface area contributed by atoms with Gasteiger partial charge in [-0.15, -0.1) is 11.8 Å². The van der Waals surface area contributed by atoms with Crippen molar-refractivity contribution in [3.63, 3.8) is 0 Å². The van der Waals surface area contributed by atoms with Crippen LogP contribution in [0, 0.1) is 0 Å². The summed E-state index contributed by atoms with van der Waals surface area (Å²) in [7, 11) is 0. The van der Waals surface area contributed by atoms with Crippen LogP contribution >= 0.6 is 11.8 Å². The van der Waals surface area contributed by atoms with Crippen LogP contribution in [0.5, 0.6) is 0 Å². The number of anilines is 1. The van der Waals surface area contributed by atoms with E-state index in [1.165, 1.54) is 33.4 Å². The number of thioether (sulfide) groups is 1. The molecule has 0 aromatic heterocycles. The highest BCUT2D eigenvalue weighted by Gasteiger charge is 2.40. The minimum Gasteiger partial charge on any atom is -0.367 e. The van der Waals surface area contributed by atoms with Crippen LogP contribution in [0.25, 0.3) is 0 Å². The number of hydrogen-bond acceptors (Lipinski definition) is 2. The number of para-hydroxylation sites is 1. The Bertz CT molecular complexity index is 1620. The third kappa shape index (κ3) is 5.53. The third-order valence-electron chi connectivity index (χ3n) is 8.63. The van der Waals surface area contributed by atoms with Crippen LogP contribution in [0.2, 0.25) is 0 Å². The fourth-order valence-electron chi connectivity index (χ4n) is 6.50. The third-order valence-corrected chi connectivity index (χ3v) is 10.2. The molecule has 0 atom stereocenters. The molecule has 222 valence electrons. The first-order valence-corrected chi connectivity index (χ1v) is 16.5. The smallest absolute Gasteiger partial charge is 0.114 e. The lowest BCUT2D eigenvalue weighted by atomic mass is 9.77. The SMILES string of the molecule is c1ccc(C(Nc2ccccc2SC(c2ccccc2)(c2ccccc2)c2ccccc2)(c2ccccc2)c2ccccc2)cc1. The number of rotatable bonds is 10. The summed E-state index contributed by atoms with van der Waals surface area (Å²) in [6.45, 7) is 0. The summed E-state index contributed by atoms with van der Waals surface area (Å²) >= 11 is 1.89. The molecule has 0 heterocycles. The maximum atomic E-state index is 4.17. The van der Waals surface area contributed by atoms with Gasteiger partial charge < -0.3 is 5.32 Å². The van der Waals surface area contributed by atoms with Gasteiger partial charge in [0, 0.05) is 10.6 Å². The van der Waals surface area contributed by atoms with Gasteiger partial charge in [0.2, 0.25) is 0 Å².